The van der Waals surface area contributed by atoms with Gasteiger partial charge in [-0.3, -0.25) is 9.78 Å². The molecule has 4 heterocycles. The van der Waals surface area contributed by atoms with Crippen LogP contribution in [0.4, 0.5) is 10.8 Å². The molecule has 2 aromatic rings. The standard InChI is InChI=1S/C21H30N6O2S/c1-15-3-6-26(7-4-15)8-5-20(28)27-9-10-29-19(13-27)18-12-17(11-16(2)23-18)24-21-25-22-14-30-21/h11-12,14-15,19H,3-10,13H2,1-2H3,(H,23,24,25)/t19-/m1/s1. The molecule has 0 aromatic carbocycles. The summed E-state index contributed by atoms with van der Waals surface area (Å²) in [6.45, 7) is 9.07. The highest BCUT2D eigenvalue weighted by atomic mass is 32.1. The highest BCUT2D eigenvalue weighted by molar-refractivity contribution is 7.13. The Morgan fingerprint density at radius 1 is 1.30 bits per heavy atom. The summed E-state index contributed by atoms with van der Waals surface area (Å²) in [6.07, 6.45) is 2.83. The normalized spacial score (nSPS) is 21.0. The van der Waals surface area contributed by atoms with Crippen molar-refractivity contribution in [1.29, 1.82) is 0 Å². The molecule has 0 saturated carbocycles. The van der Waals surface area contributed by atoms with E-state index in [1.165, 1.54) is 24.2 Å². The van der Waals surface area contributed by atoms with Crippen molar-refractivity contribution in [3.8, 4) is 0 Å². The van der Waals surface area contributed by atoms with E-state index >= 15 is 0 Å². The molecule has 8 nitrogen and oxygen atoms in total. The van der Waals surface area contributed by atoms with Crippen LogP contribution in [0.1, 0.15) is 43.7 Å². The first kappa shape index (κ1) is 21.1. The van der Waals surface area contributed by atoms with Crippen LogP contribution in [0.5, 0.6) is 0 Å². The van der Waals surface area contributed by atoms with Crippen molar-refractivity contribution in [1.82, 2.24) is 25.0 Å². The summed E-state index contributed by atoms with van der Waals surface area (Å²) >= 11 is 1.44. The molecule has 0 spiro atoms. The number of aryl methyl sites for hydroxylation is 1. The minimum absolute atomic E-state index is 0.210. The van der Waals surface area contributed by atoms with E-state index in [4.69, 9.17) is 4.74 Å². The summed E-state index contributed by atoms with van der Waals surface area (Å²) in [5, 5.41) is 11.9. The molecule has 0 aliphatic carbocycles. The van der Waals surface area contributed by atoms with E-state index in [2.05, 4.69) is 32.3 Å². The monoisotopic (exact) mass is 430 g/mol. The minimum Gasteiger partial charge on any atom is -0.368 e. The van der Waals surface area contributed by atoms with Crippen molar-refractivity contribution in [2.24, 2.45) is 5.92 Å². The largest absolute Gasteiger partial charge is 0.368 e. The first-order valence-corrected chi connectivity index (χ1v) is 11.6. The number of amides is 1. The lowest BCUT2D eigenvalue weighted by molar-refractivity contribution is -0.139. The molecule has 1 amide bonds. The van der Waals surface area contributed by atoms with E-state index in [-0.39, 0.29) is 12.0 Å². The first-order chi connectivity index (χ1) is 14.6. The van der Waals surface area contributed by atoms with Crippen LogP contribution in [0.2, 0.25) is 0 Å². The zero-order valence-corrected chi connectivity index (χ0v) is 18.5. The Labute approximate surface area is 181 Å². The number of nitrogens with one attached hydrogen (secondary N) is 1. The smallest absolute Gasteiger partial charge is 0.224 e. The van der Waals surface area contributed by atoms with Gasteiger partial charge in [0.1, 0.15) is 11.6 Å². The molecule has 162 valence electrons. The number of rotatable bonds is 6. The van der Waals surface area contributed by atoms with Crippen LogP contribution in [-0.4, -0.2) is 70.2 Å². The second-order valence-corrected chi connectivity index (χ2v) is 9.10. The quantitative estimate of drug-likeness (QED) is 0.754. The van der Waals surface area contributed by atoms with Gasteiger partial charge in [0.2, 0.25) is 11.0 Å². The molecule has 0 bridgehead atoms. The lowest BCUT2D eigenvalue weighted by atomic mass is 9.99. The number of aromatic nitrogens is 3. The van der Waals surface area contributed by atoms with Crippen molar-refractivity contribution in [3.63, 3.8) is 0 Å². The SMILES string of the molecule is Cc1cc(Nc2nncs2)cc([C@H]2CN(C(=O)CCN3CCC(C)CC3)CCO2)n1. The van der Waals surface area contributed by atoms with Crippen LogP contribution in [0.3, 0.4) is 0 Å². The fraction of sp³-hybridized carbons (Fsp3) is 0.619. The maximum atomic E-state index is 12.8. The third-order valence-electron chi connectivity index (χ3n) is 5.85. The Hall–Kier alpha value is -2.10. The van der Waals surface area contributed by atoms with Gasteiger partial charge in [0.15, 0.2) is 0 Å². The van der Waals surface area contributed by atoms with Crippen molar-refractivity contribution in [2.45, 2.75) is 39.2 Å². The van der Waals surface area contributed by atoms with Gasteiger partial charge in [0.25, 0.3) is 0 Å². The summed E-state index contributed by atoms with van der Waals surface area (Å²) in [4.78, 5) is 21.8. The van der Waals surface area contributed by atoms with E-state index in [0.717, 1.165) is 47.8 Å². The van der Waals surface area contributed by atoms with E-state index < -0.39 is 0 Å². The fourth-order valence-corrected chi connectivity index (χ4v) is 4.50. The number of piperidine rings is 1. The minimum atomic E-state index is -0.214. The summed E-state index contributed by atoms with van der Waals surface area (Å²) in [6, 6.07) is 3.94. The molecule has 2 aliphatic heterocycles. The third kappa shape index (κ3) is 5.53. The van der Waals surface area contributed by atoms with Gasteiger partial charge in [0.05, 0.1) is 18.8 Å². The van der Waals surface area contributed by atoms with Gasteiger partial charge < -0.3 is 19.9 Å². The zero-order chi connectivity index (χ0) is 20.9. The molecular weight excluding hydrogens is 400 g/mol. The average Bonchev–Trinajstić information content (AvgIpc) is 3.26. The predicted octanol–water partition coefficient (Wildman–Crippen LogP) is 3.01. The maximum Gasteiger partial charge on any atom is 0.224 e. The Balaban J connectivity index is 1.35. The van der Waals surface area contributed by atoms with Gasteiger partial charge in [-0.25, -0.2) is 0 Å². The van der Waals surface area contributed by atoms with E-state index in [1.54, 1.807) is 5.51 Å². The number of carbonyl (C=O) groups excluding carboxylic acids is 1. The Bertz CT molecular complexity index is 838. The number of hydrogen-bond acceptors (Lipinski definition) is 8. The first-order valence-electron chi connectivity index (χ1n) is 10.7. The van der Waals surface area contributed by atoms with Crippen molar-refractivity contribution in [3.05, 3.63) is 29.0 Å². The molecule has 9 heteroatoms. The van der Waals surface area contributed by atoms with Gasteiger partial charge in [-0.2, -0.15) is 0 Å². The van der Waals surface area contributed by atoms with Crippen LogP contribution in [0, 0.1) is 12.8 Å². The molecule has 1 atom stereocenters. The molecule has 30 heavy (non-hydrogen) atoms. The number of morpholine rings is 1. The predicted molar refractivity (Wildman–Crippen MR) is 117 cm³/mol. The van der Waals surface area contributed by atoms with Crippen molar-refractivity contribution < 1.29 is 9.53 Å². The number of nitrogens with zero attached hydrogens (tertiary/aromatic N) is 5. The molecule has 0 radical (unpaired) electrons. The van der Waals surface area contributed by atoms with E-state index in [1.807, 2.05) is 24.0 Å². The molecule has 1 N–H and O–H groups in total. The molecule has 2 aliphatic rings. The number of carbonyl (C=O) groups is 1. The number of hydrogen-bond donors (Lipinski definition) is 1. The topological polar surface area (TPSA) is 83.5 Å². The van der Waals surface area contributed by atoms with Gasteiger partial charge in [-0.1, -0.05) is 18.3 Å². The van der Waals surface area contributed by atoms with Crippen LogP contribution in [-0.2, 0) is 9.53 Å². The number of likely N-dealkylation sites (tertiary alicyclic amines) is 1. The van der Waals surface area contributed by atoms with Gasteiger partial charge in [-0.15, -0.1) is 10.2 Å². The van der Waals surface area contributed by atoms with Gasteiger partial charge in [0, 0.05) is 30.9 Å². The summed E-state index contributed by atoms with van der Waals surface area (Å²) < 4.78 is 5.98. The Morgan fingerprint density at radius 3 is 2.90 bits per heavy atom. The van der Waals surface area contributed by atoms with Crippen molar-refractivity contribution >= 4 is 28.1 Å². The second-order valence-electron chi connectivity index (χ2n) is 8.26. The highest BCUT2D eigenvalue weighted by Gasteiger charge is 2.27. The second kappa shape index (κ2) is 9.80. The number of pyridine rings is 1. The fourth-order valence-electron chi connectivity index (χ4n) is 4.03. The van der Waals surface area contributed by atoms with Crippen LogP contribution >= 0.6 is 11.3 Å². The lowest BCUT2D eigenvalue weighted by Gasteiger charge is -2.34. The van der Waals surface area contributed by atoms with Gasteiger partial charge in [-0.05, 0) is 50.9 Å². The van der Waals surface area contributed by atoms with Gasteiger partial charge >= 0.3 is 0 Å². The Kier molecular flexibility index (Phi) is 6.91. The molecule has 0 unspecified atom stereocenters. The third-order valence-corrected chi connectivity index (χ3v) is 6.46. The highest BCUT2D eigenvalue weighted by Crippen LogP contribution is 2.26. The van der Waals surface area contributed by atoms with E-state index in [9.17, 15) is 4.79 Å². The molecule has 2 aromatic heterocycles. The van der Waals surface area contributed by atoms with Crippen LogP contribution in [0.15, 0.2) is 17.6 Å². The average molecular weight is 431 g/mol. The summed E-state index contributed by atoms with van der Waals surface area (Å²) in [5.74, 6) is 1.02. The van der Waals surface area contributed by atoms with E-state index in [0.29, 0.717) is 26.1 Å². The molecule has 4 rings (SSSR count). The Morgan fingerprint density at radius 2 is 2.13 bits per heavy atom. The summed E-state index contributed by atoms with van der Waals surface area (Å²) in [7, 11) is 0. The zero-order valence-electron chi connectivity index (χ0n) is 17.7. The lowest BCUT2D eigenvalue weighted by Crippen LogP contribution is -2.44. The van der Waals surface area contributed by atoms with Crippen molar-refractivity contribution in [2.75, 3.05) is 44.6 Å². The maximum absolute atomic E-state index is 12.8. The van der Waals surface area contributed by atoms with Crippen LogP contribution in [0.25, 0.3) is 0 Å². The molecule has 2 fully saturated rings. The molecule has 2 saturated heterocycles. The van der Waals surface area contributed by atoms with Crippen LogP contribution < -0.4 is 5.32 Å². The summed E-state index contributed by atoms with van der Waals surface area (Å²) in [5.41, 5.74) is 4.33. The number of anilines is 2. The number of ether oxygens (including phenoxy) is 1. The molecular formula is C21H30N6O2S.